The number of thioether (sulfide) groups is 2. The molecule has 0 fully saturated rings. The molecule has 2 aromatic rings. The Hall–Kier alpha value is -3.74. The molecular weight excluding hydrogens is 597 g/mol. The second-order valence-corrected chi connectivity index (χ2v) is 13.0. The first-order chi connectivity index (χ1) is 19.8. The number of ether oxygens (including phenoxy) is 2. The van der Waals surface area contributed by atoms with Crippen LogP contribution in [0.15, 0.2) is 56.5 Å². The number of imide groups is 1. The van der Waals surface area contributed by atoms with Gasteiger partial charge in [0.05, 0.1) is 45.7 Å². The Morgan fingerprint density at radius 2 is 1.40 bits per heavy atom. The second-order valence-electron chi connectivity index (χ2n) is 10.3. The molecule has 5 rings (SSSR count). The summed E-state index contributed by atoms with van der Waals surface area (Å²) >= 11 is 8.16. The Kier molecular flexibility index (Phi) is 7.67. The zero-order valence-corrected chi connectivity index (χ0v) is 26.0. The van der Waals surface area contributed by atoms with Crippen LogP contribution in [0.25, 0.3) is 5.57 Å². The minimum absolute atomic E-state index is 0.0874. The molecule has 3 amide bonds. The van der Waals surface area contributed by atoms with E-state index in [0.717, 1.165) is 34.0 Å². The summed E-state index contributed by atoms with van der Waals surface area (Å²) in [5.41, 5.74) is 2.02. The van der Waals surface area contributed by atoms with Gasteiger partial charge in [-0.15, -0.1) is 0 Å². The van der Waals surface area contributed by atoms with Gasteiger partial charge < -0.3 is 9.47 Å². The summed E-state index contributed by atoms with van der Waals surface area (Å²) in [7, 11) is 2.46. The van der Waals surface area contributed by atoms with Crippen molar-refractivity contribution in [3.63, 3.8) is 0 Å². The molecular formula is C30H26N2O7S3. The van der Waals surface area contributed by atoms with Crippen molar-refractivity contribution in [3.8, 4) is 0 Å². The lowest BCUT2D eigenvalue weighted by Crippen LogP contribution is -2.61. The van der Waals surface area contributed by atoms with Crippen molar-refractivity contribution < 1.29 is 33.4 Å². The van der Waals surface area contributed by atoms with Crippen LogP contribution in [0, 0.1) is 6.92 Å². The smallest absolute Gasteiger partial charge is 0.346 e. The predicted molar refractivity (Wildman–Crippen MR) is 165 cm³/mol. The number of nitrogens with zero attached hydrogens (tertiary/aromatic N) is 2. The number of methoxy groups -OCH3 is 2. The lowest BCUT2D eigenvalue weighted by atomic mass is 9.82. The molecule has 9 nitrogen and oxygen atoms in total. The summed E-state index contributed by atoms with van der Waals surface area (Å²) in [6.45, 7) is 6.99. The summed E-state index contributed by atoms with van der Waals surface area (Å²) in [5, 5.41) is 0. The van der Waals surface area contributed by atoms with E-state index < -0.39 is 41.2 Å². The van der Waals surface area contributed by atoms with Crippen LogP contribution in [0.1, 0.15) is 52.6 Å². The molecule has 0 spiro atoms. The quantitative estimate of drug-likeness (QED) is 0.203. The van der Waals surface area contributed by atoms with E-state index in [1.165, 1.54) is 26.0 Å². The largest absolute Gasteiger partial charge is 0.465 e. The third kappa shape index (κ3) is 4.48. The molecule has 0 saturated heterocycles. The summed E-state index contributed by atoms with van der Waals surface area (Å²) < 4.78 is 10.4. The average molecular weight is 623 g/mol. The van der Waals surface area contributed by atoms with E-state index in [1.54, 1.807) is 44.2 Å². The number of benzene rings is 2. The summed E-state index contributed by atoms with van der Waals surface area (Å²) in [4.78, 5) is 68.9. The fraction of sp³-hybridized carbons (Fsp3) is 0.267. The number of amides is 3. The van der Waals surface area contributed by atoms with Gasteiger partial charge in [-0.2, -0.15) is 0 Å². The lowest BCUT2D eigenvalue weighted by molar-refractivity contribution is -0.138. The number of esters is 2. The lowest BCUT2D eigenvalue weighted by Gasteiger charge is -2.46. The van der Waals surface area contributed by atoms with Gasteiger partial charge in [0.25, 0.3) is 17.7 Å². The summed E-state index contributed by atoms with van der Waals surface area (Å²) in [6.07, 6.45) is 0. The first-order valence-corrected chi connectivity index (χ1v) is 14.9. The Bertz CT molecular complexity index is 1630. The van der Waals surface area contributed by atoms with Gasteiger partial charge >= 0.3 is 11.9 Å². The molecule has 3 heterocycles. The number of carbonyl (C=O) groups is 5. The predicted octanol–water partition coefficient (Wildman–Crippen LogP) is 4.88. The van der Waals surface area contributed by atoms with Crippen LogP contribution in [0.2, 0.25) is 0 Å². The molecule has 1 atom stereocenters. The number of aryl methyl sites for hydroxylation is 1. The van der Waals surface area contributed by atoms with E-state index in [0.29, 0.717) is 25.9 Å². The highest BCUT2D eigenvalue weighted by atomic mass is 32.2. The van der Waals surface area contributed by atoms with Crippen molar-refractivity contribution in [1.29, 1.82) is 0 Å². The van der Waals surface area contributed by atoms with Crippen molar-refractivity contribution >= 4 is 81.5 Å². The highest BCUT2D eigenvalue weighted by molar-refractivity contribution is 8.29. The van der Waals surface area contributed by atoms with Gasteiger partial charge in [0.15, 0.2) is 0 Å². The number of anilines is 1. The fourth-order valence-electron chi connectivity index (χ4n) is 5.18. The maximum absolute atomic E-state index is 14.3. The van der Waals surface area contributed by atoms with Crippen LogP contribution in [-0.2, 0) is 23.9 Å². The number of fused-ring (bicyclic) bond motifs is 2. The van der Waals surface area contributed by atoms with Gasteiger partial charge in [0.2, 0.25) is 0 Å². The molecule has 0 unspecified atom stereocenters. The number of thiocarbonyl (C=S) groups is 1. The first-order valence-electron chi connectivity index (χ1n) is 12.8. The van der Waals surface area contributed by atoms with Crippen LogP contribution in [0.5, 0.6) is 0 Å². The van der Waals surface area contributed by atoms with Gasteiger partial charge in [0, 0.05) is 11.1 Å². The molecule has 3 aliphatic heterocycles. The molecule has 12 heteroatoms. The molecule has 0 aromatic heterocycles. The number of hydrogen-bond acceptors (Lipinski definition) is 10. The average Bonchev–Trinajstić information content (AvgIpc) is 3.51. The number of carbonyl (C=O) groups excluding carboxylic acids is 5. The maximum Gasteiger partial charge on any atom is 0.346 e. The van der Waals surface area contributed by atoms with Crippen molar-refractivity contribution in [1.82, 2.24) is 4.90 Å². The van der Waals surface area contributed by atoms with Crippen molar-refractivity contribution in [2.45, 2.75) is 39.3 Å². The topological polar surface area (TPSA) is 110 Å². The first kappa shape index (κ1) is 29.7. The highest BCUT2D eigenvalue weighted by Crippen LogP contribution is 2.56. The number of hydrogen-bond donors (Lipinski definition) is 0. The fourth-order valence-corrected chi connectivity index (χ4v) is 8.22. The van der Waals surface area contributed by atoms with E-state index in [1.807, 2.05) is 19.1 Å². The van der Waals surface area contributed by atoms with Gasteiger partial charge in [-0.05, 0) is 52.0 Å². The van der Waals surface area contributed by atoms with Crippen LogP contribution in [-0.4, -0.2) is 65.2 Å². The zero-order chi connectivity index (χ0) is 30.7. The number of rotatable bonds is 4. The van der Waals surface area contributed by atoms with Gasteiger partial charge in [-0.25, -0.2) is 9.59 Å². The van der Waals surface area contributed by atoms with E-state index in [-0.39, 0.29) is 20.9 Å². The van der Waals surface area contributed by atoms with Crippen molar-refractivity contribution in [2.24, 2.45) is 0 Å². The summed E-state index contributed by atoms with van der Waals surface area (Å²) in [5.74, 6) is -2.91. The third-order valence-corrected chi connectivity index (χ3v) is 10.6. The van der Waals surface area contributed by atoms with Crippen LogP contribution in [0.3, 0.4) is 0 Å². The Labute approximate surface area is 256 Å². The standard InChI is InChI=1S/C30H26N2O7S3/c1-14-11-12-19-18(13-14)20(29-41-21(27(36)38-5)22(42-29)28(37)39-6)23(40)30(3,4)32(19)24(33)15(2)31-25(34)16-9-7-8-10-17(16)26(31)35/h7-13,15H,1-6H3/t15-/m1/s1. The molecule has 0 saturated carbocycles. The van der Waals surface area contributed by atoms with Crippen LogP contribution in [0.4, 0.5) is 5.69 Å². The van der Waals surface area contributed by atoms with E-state index >= 15 is 0 Å². The molecule has 0 bridgehead atoms. The molecule has 3 aliphatic rings. The normalized spacial score (nSPS) is 18.3. The molecule has 0 aliphatic carbocycles. The monoisotopic (exact) mass is 622 g/mol. The Morgan fingerprint density at radius 3 is 1.90 bits per heavy atom. The van der Waals surface area contributed by atoms with E-state index in [9.17, 15) is 24.0 Å². The minimum atomic E-state index is -1.13. The molecule has 42 heavy (non-hydrogen) atoms. The van der Waals surface area contributed by atoms with Gasteiger partial charge in [-0.1, -0.05) is 59.5 Å². The third-order valence-electron chi connectivity index (χ3n) is 7.34. The maximum atomic E-state index is 14.3. The summed E-state index contributed by atoms with van der Waals surface area (Å²) in [6, 6.07) is 10.9. The van der Waals surface area contributed by atoms with E-state index in [2.05, 4.69) is 0 Å². The Morgan fingerprint density at radius 1 is 0.881 bits per heavy atom. The van der Waals surface area contributed by atoms with Gasteiger partial charge in [0.1, 0.15) is 15.9 Å². The highest BCUT2D eigenvalue weighted by Gasteiger charge is 2.49. The zero-order valence-electron chi connectivity index (χ0n) is 23.6. The van der Waals surface area contributed by atoms with E-state index in [4.69, 9.17) is 21.7 Å². The molecule has 0 N–H and O–H groups in total. The molecule has 0 radical (unpaired) electrons. The second kappa shape index (κ2) is 10.8. The van der Waals surface area contributed by atoms with Crippen LogP contribution >= 0.6 is 35.7 Å². The SMILES string of the molecule is COC(=O)C1=C(C(=O)OC)SC(=C2C(=S)C(C)(C)N(C(=O)[C@@H](C)N3C(=O)c4ccccc4C3=O)c3ccc(C)cc32)S1. The van der Waals surface area contributed by atoms with Gasteiger partial charge in [-0.3, -0.25) is 24.2 Å². The van der Waals surface area contributed by atoms with Crippen molar-refractivity contribution in [3.05, 3.63) is 78.8 Å². The minimum Gasteiger partial charge on any atom is -0.465 e. The molecule has 216 valence electrons. The Balaban J connectivity index is 1.61. The van der Waals surface area contributed by atoms with Crippen LogP contribution < -0.4 is 4.90 Å². The molecule has 2 aromatic carbocycles. The van der Waals surface area contributed by atoms with Crippen molar-refractivity contribution in [2.75, 3.05) is 19.1 Å².